The number of cyclic esters (lactones) is 1. The second-order valence-corrected chi connectivity index (χ2v) is 11.7. The van der Waals surface area contributed by atoms with Gasteiger partial charge in [-0.25, -0.2) is 0 Å². The first kappa shape index (κ1) is 29.3. The van der Waals surface area contributed by atoms with Gasteiger partial charge in [0.15, 0.2) is 0 Å². The van der Waals surface area contributed by atoms with Gasteiger partial charge in [0, 0.05) is 13.0 Å². The highest BCUT2D eigenvalue weighted by atomic mass is 16.5. The maximum absolute atomic E-state index is 13.6. The third-order valence-corrected chi connectivity index (χ3v) is 8.74. The number of nitrogens with one attached hydrogen (secondary N) is 1. The van der Waals surface area contributed by atoms with Crippen molar-refractivity contribution in [2.75, 3.05) is 19.8 Å². The zero-order valence-electron chi connectivity index (χ0n) is 23.3. The lowest BCUT2D eigenvalue weighted by Gasteiger charge is -2.29. The lowest BCUT2D eigenvalue weighted by molar-refractivity contribution is -0.150. The van der Waals surface area contributed by atoms with Crippen LogP contribution >= 0.6 is 0 Å². The normalized spacial score (nSPS) is 27.7. The highest BCUT2D eigenvalue weighted by Crippen LogP contribution is 2.28. The number of nitrogens with zero attached hydrogens (tertiary/aromatic N) is 1. The highest BCUT2D eigenvalue weighted by Gasteiger charge is 2.32. The molecule has 4 atom stereocenters. The summed E-state index contributed by atoms with van der Waals surface area (Å²) in [5, 5.41) is 12.9. The number of esters is 1. The number of carbonyl (C=O) groups excluding carboxylic acids is 3. The Bertz CT molecular complexity index is 959. The number of hydrogen-bond donors (Lipinski definition) is 2. The molecular weight excluding hydrogens is 492 g/mol. The summed E-state index contributed by atoms with van der Waals surface area (Å²) in [6.07, 6.45) is 15.0. The zero-order valence-corrected chi connectivity index (χ0v) is 23.3. The Morgan fingerprint density at radius 1 is 0.974 bits per heavy atom. The Balaban J connectivity index is 1.48. The summed E-state index contributed by atoms with van der Waals surface area (Å²) in [7, 11) is 0. The predicted molar refractivity (Wildman–Crippen MR) is 151 cm³/mol. The number of likely N-dealkylation sites (tertiary alicyclic amines) is 1. The van der Waals surface area contributed by atoms with Crippen LogP contribution in [0.25, 0.3) is 0 Å². The average Bonchev–Trinajstić information content (AvgIpc) is 3.44. The topological polar surface area (TPSA) is 95.9 Å². The molecule has 7 nitrogen and oxygen atoms in total. The quantitative estimate of drug-likeness (QED) is 0.392. The fourth-order valence-corrected chi connectivity index (χ4v) is 6.46. The highest BCUT2D eigenvalue weighted by molar-refractivity contribution is 5.86. The molecule has 3 aliphatic rings. The number of hydrogen-bond acceptors (Lipinski definition) is 5. The fraction of sp³-hybridized carbons (Fsp3) is 0.656. The fourth-order valence-electron chi connectivity index (χ4n) is 6.46. The van der Waals surface area contributed by atoms with Crippen LogP contribution in [0.3, 0.4) is 0 Å². The second kappa shape index (κ2) is 15.2. The second-order valence-electron chi connectivity index (χ2n) is 11.7. The molecule has 7 heteroatoms. The van der Waals surface area contributed by atoms with E-state index in [1.807, 2.05) is 42.5 Å². The predicted octanol–water partition coefficient (Wildman–Crippen LogP) is 4.57. The number of aliphatic hydroxyl groups excluding tert-OH is 1. The molecule has 0 aromatic heterocycles. The Morgan fingerprint density at radius 2 is 1.77 bits per heavy atom. The monoisotopic (exact) mass is 538 g/mol. The number of carbonyl (C=O) groups is 3. The van der Waals surface area contributed by atoms with E-state index in [1.54, 1.807) is 4.90 Å². The van der Waals surface area contributed by atoms with Crippen LogP contribution in [0.4, 0.5) is 0 Å². The van der Waals surface area contributed by atoms with Gasteiger partial charge in [0.1, 0.15) is 6.61 Å². The molecule has 4 unspecified atom stereocenters. The minimum absolute atomic E-state index is 0.0402. The molecule has 1 saturated carbocycles. The molecule has 1 aromatic rings. The minimum Gasteiger partial charge on any atom is -0.463 e. The summed E-state index contributed by atoms with van der Waals surface area (Å²) in [5.74, 6) is -0.642. The van der Waals surface area contributed by atoms with Crippen LogP contribution < -0.4 is 5.32 Å². The van der Waals surface area contributed by atoms with Gasteiger partial charge < -0.3 is 20.1 Å². The van der Waals surface area contributed by atoms with Crippen molar-refractivity contribution in [2.45, 2.75) is 95.6 Å². The smallest absolute Gasteiger partial charge is 0.309 e. The third-order valence-electron chi connectivity index (χ3n) is 8.74. The molecule has 1 aromatic carbocycles. The van der Waals surface area contributed by atoms with Gasteiger partial charge in [-0.2, -0.15) is 0 Å². The SMILES string of the molecule is O=C1NC(CC2CCCCC2)COC(=O)C(Cc2ccccc2)CCC=CCC1CC(=O)N1CCCC1CO. The number of benzene rings is 1. The summed E-state index contributed by atoms with van der Waals surface area (Å²) in [4.78, 5) is 41.7. The maximum Gasteiger partial charge on any atom is 0.309 e. The van der Waals surface area contributed by atoms with Gasteiger partial charge in [-0.3, -0.25) is 14.4 Å². The number of ether oxygens (including phenoxy) is 1. The van der Waals surface area contributed by atoms with Gasteiger partial charge in [0.25, 0.3) is 0 Å². The molecule has 0 bridgehead atoms. The van der Waals surface area contributed by atoms with Gasteiger partial charge in [0.05, 0.1) is 30.5 Å². The van der Waals surface area contributed by atoms with Crippen molar-refractivity contribution < 1.29 is 24.2 Å². The van der Waals surface area contributed by atoms with Crippen LogP contribution in [0.5, 0.6) is 0 Å². The van der Waals surface area contributed by atoms with E-state index < -0.39 is 5.92 Å². The van der Waals surface area contributed by atoms with E-state index in [4.69, 9.17) is 4.74 Å². The first-order valence-electron chi connectivity index (χ1n) is 15.1. The molecule has 214 valence electrons. The molecular formula is C32H46N2O5. The van der Waals surface area contributed by atoms with Gasteiger partial charge in [-0.1, -0.05) is 74.6 Å². The number of rotatable bonds is 7. The molecule has 39 heavy (non-hydrogen) atoms. The molecule has 2 aliphatic heterocycles. The maximum atomic E-state index is 13.6. The number of amides is 2. The van der Waals surface area contributed by atoms with Gasteiger partial charge in [-0.15, -0.1) is 0 Å². The number of aliphatic hydroxyl groups is 1. The molecule has 0 spiro atoms. The Hall–Kier alpha value is -2.67. The molecule has 0 radical (unpaired) electrons. The van der Waals surface area contributed by atoms with Crippen molar-refractivity contribution in [1.82, 2.24) is 10.2 Å². The molecule has 4 rings (SSSR count). The van der Waals surface area contributed by atoms with Gasteiger partial charge >= 0.3 is 5.97 Å². The number of allylic oxidation sites excluding steroid dienone is 2. The zero-order chi connectivity index (χ0) is 27.5. The molecule has 2 heterocycles. The van der Waals surface area contributed by atoms with E-state index in [1.165, 1.54) is 19.3 Å². The molecule has 2 amide bonds. The van der Waals surface area contributed by atoms with Crippen LogP contribution in [0.1, 0.15) is 82.6 Å². The summed E-state index contributed by atoms with van der Waals surface area (Å²) in [6.45, 7) is 0.762. The van der Waals surface area contributed by atoms with Crippen LogP contribution in [0.15, 0.2) is 42.5 Å². The first-order chi connectivity index (χ1) is 19.0. The lowest BCUT2D eigenvalue weighted by Crippen LogP contribution is -2.45. The van der Waals surface area contributed by atoms with E-state index in [9.17, 15) is 19.5 Å². The van der Waals surface area contributed by atoms with Crippen LogP contribution in [0, 0.1) is 17.8 Å². The summed E-state index contributed by atoms with van der Waals surface area (Å²) in [5.41, 5.74) is 1.11. The first-order valence-corrected chi connectivity index (χ1v) is 15.1. The lowest BCUT2D eigenvalue weighted by atomic mass is 9.84. The Labute approximate surface area is 233 Å². The Morgan fingerprint density at radius 3 is 2.54 bits per heavy atom. The van der Waals surface area contributed by atoms with E-state index in [0.29, 0.717) is 38.1 Å². The van der Waals surface area contributed by atoms with Crippen molar-refractivity contribution in [3.8, 4) is 0 Å². The standard InChI is InChI=1S/C32H46N2O5/c35-22-29-17-10-18-34(29)30(36)21-26-15-8-3-9-16-27(19-24-11-4-1-5-12-24)32(38)39-23-28(33-31(26)37)20-25-13-6-2-7-14-25/h1,3-5,8,11-12,25-29,35H,2,6-7,9-10,13-23H2,(H,33,37). The minimum atomic E-state index is -0.487. The van der Waals surface area contributed by atoms with E-state index in [0.717, 1.165) is 37.7 Å². The summed E-state index contributed by atoms with van der Waals surface area (Å²) >= 11 is 0. The van der Waals surface area contributed by atoms with Crippen LogP contribution in [0.2, 0.25) is 0 Å². The third kappa shape index (κ3) is 8.92. The molecule has 1 saturated heterocycles. The molecule has 2 fully saturated rings. The largest absolute Gasteiger partial charge is 0.463 e. The van der Waals surface area contributed by atoms with Crippen molar-refractivity contribution in [3.63, 3.8) is 0 Å². The van der Waals surface area contributed by atoms with Gasteiger partial charge in [0.2, 0.25) is 11.8 Å². The summed E-state index contributed by atoms with van der Waals surface area (Å²) < 4.78 is 5.89. The van der Waals surface area contributed by atoms with Crippen molar-refractivity contribution >= 4 is 17.8 Å². The molecule has 2 N–H and O–H groups in total. The summed E-state index contributed by atoms with van der Waals surface area (Å²) in [6, 6.07) is 9.62. The Kier molecular flexibility index (Phi) is 11.4. The average molecular weight is 539 g/mol. The van der Waals surface area contributed by atoms with E-state index >= 15 is 0 Å². The van der Waals surface area contributed by atoms with Crippen molar-refractivity contribution in [2.24, 2.45) is 17.8 Å². The van der Waals surface area contributed by atoms with E-state index in [2.05, 4.69) is 5.32 Å². The van der Waals surface area contributed by atoms with Crippen molar-refractivity contribution in [1.29, 1.82) is 0 Å². The van der Waals surface area contributed by atoms with Crippen LogP contribution in [-0.4, -0.2) is 59.6 Å². The van der Waals surface area contributed by atoms with Gasteiger partial charge in [-0.05, 0) is 56.4 Å². The van der Waals surface area contributed by atoms with Crippen LogP contribution in [-0.2, 0) is 25.5 Å². The molecule has 1 aliphatic carbocycles. The van der Waals surface area contributed by atoms with E-state index in [-0.39, 0.29) is 55.4 Å². The van der Waals surface area contributed by atoms with Crippen molar-refractivity contribution in [3.05, 3.63) is 48.0 Å².